The smallest absolute Gasteiger partial charge is 0.374 e. The zero-order valence-corrected chi connectivity index (χ0v) is 12.7. The van der Waals surface area contributed by atoms with Gasteiger partial charge in [0.15, 0.2) is 0 Å². The van der Waals surface area contributed by atoms with Crippen LogP contribution in [0.25, 0.3) is 0 Å². The first kappa shape index (κ1) is 16.6. The van der Waals surface area contributed by atoms with E-state index in [1.807, 2.05) is 0 Å². The lowest BCUT2D eigenvalue weighted by Crippen LogP contribution is -2.46. The molecule has 112 valence electrons. The minimum Gasteiger partial charge on any atom is -0.480 e. The third kappa shape index (κ3) is 3.77. The van der Waals surface area contributed by atoms with Crippen LogP contribution in [0.15, 0.2) is 10.5 Å². The van der Waals surface area contributed by atoms with E-state index >= 15 is 0 Å². The van der Waals surface area contributed by atoms with Gasteiger partial charge in [-0.3, -0.25) is 4.79 Å². The number of aryl methyl sites for hydroxylation is 1. The summed E-state index contributed by atoms with van der Waals surface area (Å²) < 4.78 is 9.37. The standard InChI is InChI=1S/C13H19NO5S/c1-7-5-8(19-9(7)12(17)18-4)6-20-13(2,3)10(14)11(15)16/h5,10H,6,14H2,1-4H3,(H,15,16)/t10-/m1/s1. The second kappa shape index (κ2) is 6.32. The molecular weight excluding hydrogens is 282 g/mol. The Hall–Kier alpha value is -1.47. The number of rotatable bonds is 6. The fourth-order valence-electron chi connectivity index (χ4n) is 1.56. The molecule has 0 aliphatic heterocycles. The largest absolute Gasteiger partial charge is 0.480 e. The van der Waals surface area contributed by atoms with E-state index in [4.69, 9.17) is 15.3 Å². The summed E-state index contributed by atoms with van der Waals surface area (Å²) in [6, 6.07) is 0.755. The summed E-state index contributed by atoms with van der Waals surface area (Å²) in [6.45, 7) is 5.26. The molecule has 3 N–H and O–H groups in total. The van der Waals surface area contributed by atoms with Crippen molar-refractivity contribution in [3.05, 3.63) is 23.2 Å². The Balaban J connectivity index is 2.76. The van der Waals surface area contributed by atoms with Crippen molar-refractivity contribution in [2.24, 2.45) is 5.73 Å². The van der Waals surface area contributed by atoms with E-state index in [0.717, 1.165) is 0 Å². The first-order valence-electron chi connectivity index (χ1n) is 5.99. The van der Waals surface area contributed by atoms with Crippen molar-refractivity contribution in [3.63, 3.8) is 0 Å². The van der Waals surface area contributed by atoms with Crippen molar-refractivity contribution in [3.8, 4) is 0 Å². The van der Waals surface area contributed by atoms with E-state index < -0.39 is 22.7 Å². The van der Waals surface area contributed by atoms with Crippen molar-refractivity contribution < 1.29 is 23.8 Å². The number of carbonyl (C=O) groups excluding carboxylic acids is 1. The molecule has 1 heterocycles. The first-order chi connectivity index (χ1) is 9.19. The van der Waals surface area contributed by atoms with Gasteiger partial charge in [0.2, 0.25) is 5.76 Å². The van der Waals surface area contributed by atoms with E-state index in [9.17, 15) is 9.59 Å². The van der Waals surface area contributed by atoms with Crippen LogP contribution in [-0.4, -0.2) is 34.9 Å². The topological polar surface area (TPSA) is 103 Å². The van der Waals surface area contributed by atoms with Gasteiger partial charge in [-0.25, -0.2) is 4.79 Å². The number of furan rings is 1. The molecule has 0 spiro atoms. The third-order valence-electron chi connectivity index (χ3n) is 2.94. The number of ether oxygens (including phenoxy) is 1. The molecule has 1 atom stereocenters. The van der Waals surface area contributed by atoms with E-state index in [0.29, 0.717) is 17.1 Å². The zero-order chi connectivity index (χ0) is 15.5. The van der Waals surface area contributed by atoms with Crippen LogP contribution in [0.4, 0.5) is 0 Å². The Labute approximate surface area is 121 Å². The number of aliphatic carboxylic acids is 1. The molecule has 20 heavy (non-hydrogen) atoms. The highest BCUT2D eigenvalue weighted by molar-refractivity contribution is 7.99. The SMILES string of the molecule is COC(=O)c1oc(CSC(C)(C)[C@H](N)C(=O)O)cc1C. The van der Waals surface area contributed by atoms with Crippen LogP contribution in [0, 0.1) is 6.92 Å². The molecule has 0 saturated heterocycles. The van der Waals surface area contributed by atoms with Gasteiger partial charge in [-0.05, 0) is 26.8 Å². The Morgan fingerprint density at radius 2 is 2.15 bits per heavy atom. The quantitative estimate of drug-likeness (QED) is 0.772. The van der Waals surface area contributed by atoms with E-state index in [1.165, 1.54) is 18.9 Å². The number of carbonyl (C=O) groups is 2. The molecule has 1 rings (SSSR count). The Morgan fingerprint density at radius 1 is 1.55 bits per heavy atom. The van der Waals surface area contributed by atoms with Crippen LogP contribution < -0.4 is 5.73 Å². The number of carboxylic acid groups (broad SMARTS) is 1. The highest BCUT2D eigenvalue weighted by Crippen LogP contribution is 2.31. The summed E-state index contributed by atoms with van der Waals surface area (Å²) >= 11 is 1.36. The molecule has 1 aromatic rings. The molecule has 0 unspecified atom stereocenters. The van der Waals surface area contributed by atoms with Crippen molar-refractivity contribution in [2.75, 3.05) is 7.11 Å². The van der Waals surface area contributed by atoms with E-state index in [2.05, 4.69) is 4.74 Å². The van der Waals surface area contributed by atoms with Crippen molar-refractivity contribution in [1.29, 1.82) is 0 Å². The highest BCUT2D eigenvalue weighted by Gasteiger charge is 2.33. The lowest BCUT2D eigenvalue weighted by atomic mass is 10.1. The second-order valence-electron chi connectivity index (χ2n) is 4.92. The lowest BCUT2D eigenvalue weighted by molar-refractivity contribution is -0.139. The van der Waals surface area contributed by atoms with Crippen LogP contribution in [-0.2, 0) is 15.3 Å². The molecule has 7 heteroatoms. The summed E-state index contributed by atoms with van der Waals surface area (Å²) in [5, 5.41) is 8.94. The maximum absolute atomic E-state index is 11.4. The maximum Gasteiger partial charge on any atom is 0.374 e. The molecule has 0 aliphatic rings. The Morgan fingerprint density at radius 3 is 2.65 bits per heavy atom. The van der Waals surface area contributed by atoms with Gasteiger partial charge >= 0.3 is 11.9 Å². The molecular formula is C13H19NO5S. The summed E-state index contributed by atoms with van der Waals surface area (Å²) in [7, 11) is 1.29. The zero-order valence-electron chi connectivity index (χ0n) is 11.9. The monoisotopic (exact) mass is 301 g/mol. The van der Waals surface area contributed by atoms with Gasteiger partial charge in [-0.15, -0.1) is 11.8 Å². The Kier molecular flexibility index (Phi) is 5.24. The number of nitrogens with two attached hydrogens (primary N) is 1. The highest BCUT2D eigenvalue weighted by atomic mass is 32.2. The maximum atomic E-state index is 11.4. The third-order valence-corrected chi connectivity index (χ3v) is 4.37. The average molecular weight is 301 g/mol. The molecule has 0 radical (unpaired) electrons. The normalized spacial score (nSPS) is 13.1. The van der Waals surface area contributed by atoms with Crippen LogP contribution in [0.1, 0.15) is 35.7 Å². The molecule has 0 saturated carbocycles. The number of methoxy groups -OCH3 is 1. The molecule has 0 fully saturated rings. The lowest BCUT2D eigenvalue weighted by Gasteiger charge is -2.27. The number of hydrogen-bond acceptors (Lipinski definition) is 6. The summed E-state index contributed by atoms with van der Waals surface area (Å²) in [5.74, 6) is -0.401. The molecule has 0 amide bonds. The minimum absolute atomic E-state index is 0.170. The van der Waals surface area contributed by atoms with Gasteiger partial charge in [0.1, 0.15) is 11.8 Å². The average Bonchev–Trinajstić information content (AvgIpc) is 2.76. The Bertz CT molecular complexity index is 509. The van der Waals surface area contributed by atoms with Crippen LogP contribution >= 0.6 is 11.8 Å². The molecule has 1 aromatic heterocycles. The summed E-state index contributed by atoms with van der Waals surface area (Å²) in [4.78, 5) is 22.3. The molecule has 6 nitrogen and oxygen atoms in total. The predicted molar refractivity (Wildman–Crippen MR) is 75.8 cm³/mol. The van der Waals surface area contributed by atoms with Crippen LogP contribution in [0.5, 0.6) is 0 Å². The molecule has 0 bridgehead atoms. The molecule has 0 aromatic carbocycles. The van der Waals surface area contributed by atoms with Gasteiger partial charge in [0.25, 0.3) is 0 Å². The summed E-state index contributed by atoms with van der Waals surface area (Å²) in [6.07, 6.45) is 0. The number of thioether (sulfide) groups is 1. The summed E-state index contributed by atoms with van der Waals surface area (Å²) in [5.41, 5.74) is 6.33. The van der Waals surface area contributed by atoms with Gasteiger partial charge in [0, 0.05) is 10.3 Å². The van der Waals surface area contributed by atoms with E-state index in [1.54, 1.807) is 26.8 Å². The number of hydrogen-bond donors (Lipinski definition) is 2. The van der Waals surface area contributed by atoms with Crippen molar-refractivity contribution >= 4 is 23.7 Å². The van der Waals surface area contributed by atoms with Crippen LogP contribution in [0.2, 0.25) is 0 Å². The van der Waals surface area contributed by atoms with Crippen molar-refractivity contribution in [2.45, 2.75) is 37.3 Å². The van der Waals surface area contributed by atoms with E-state index in [-0.39, 0.29) is 5.76 Å². The fraction of sp³-hybridized carbons (Fsp3) is 0.538. The predicted octanol–water partition coefficient (Wildman–Crippen LogP) is 1.80. The van der Waals surface area contributed by atoms with Crippen molar-refractivity contribution in [1.82, 2.24) is 0 Å². The van der Waals surface area contributed by atoms with Gasteiger partial charge in [0.05, 0.1) is 12.9 Å². The first-order valence-corrected chi connectivity index (χ1v) is 6.97. The number of esters is 1. The second-order valence-corrected chi connectivity index (χ2v) is 6.55. The molecule has 0 aliphatic carbocycles. The number of carboxylic acids is 1. The van der Waals surface area contributed by atoms with Crippen LogP contribution in [0.3, 0.4) is 0 Å². The van der Waals surface area contributed by atoms with Gasteiger partial charge in [-0.2, -0.15) is 0 Å². The van der Waals surface area contributed by atoms with Gasteiger partial charge < -0.3 is 20.0 Å². The van der Waals surface area contributed by atoms with Gasteiger partial charge in [-0.1, -0.05) is 0 Å². The fourth-order valence-corrected chi connectivity index (χ4v) is 2.50. The minimum atomic E-state index is -1.05.